The van der Waals surface area contributed by atoms with Gasteiger partial charge in [0, 0.05) is 37.7 Å². The van der Waals surface area contributed by atoms with Crippen molar-refractivity contribution in [3.63, 3.8) is 0 Å². The second-order valence-corrected chi connectivity index (χ2v) is 8.17. The summed E-state index contributed by atoms with van der Waals surface area (Å²) < 4.78 is 17.3. The topological polar surface area (TPSA) is 111 Å². The van der Waals surface area contributed by atoms with Gasteiger partial charge in [-0.15, -0.1) is 0 Å². The summed E-state index contributed by atoms with van der Waals surface area (Å²) in [5.74, 6) is 0.808. The van der Waals surface area contributed by atoms with E-state index in [1.54, 1.807) is 15.4 Å². The maximum atomic E-state index is 14.0. The molecule has 0 fully saturated rings. The van der Waals surface area contributed by atoms with Gasteiger partial charge in [-0.25, -0.2) is 9.37 Å². The lowest BCUT2D eigenvalue weighted by Crippen LogP contribution is -2.21. The molecular weight excluding hydrogens is 409 g/mol. The van der Waals surface area contributed by atoms with Gasteiger partial charge in [0.1, 0.15) is 17.5 Å². The van der Waals surface area contributed by atoms with Crippen LogP contribution in [-0.2, 0) is 20.0 Å². The predicted octanol–water partition coefficient (Wildman–Crippen LogP) is 2.61. The monoisotopic (exact) mass is 433 g/mol. The number of aromatic nitrogens is 6. The Morgan fingerprint density at radius 1 is 1.28 bits per heavy atom. The first kappa shape index (κ1) is 20.0. The number of nitrogens with zero attached hydrogens (tertiary/aromatic N) is 6. The summed E-state index contributed by atoms with van der Waals surface area (Å²) >= 11 is 0. The van der Waals surface area contributed by atoms with Gasteiger partial charge in [-0.05, 0) is 30.0 Å². The minimum atomic E-state index is -0.375. The molecule has 0 aromatic carbocycles. The number of anilines is 2. The molecule has 0 amide bonds. The van der Waals surface area contributed by atoms with Crippen LogP contribution in [-0.4, -0.2) is 35.9 Å². The standard InChI is InChI=1S/C22H24FN9/c1-12-6-18-14(7-15(23)10-26-18)9-27-21-19(17-4-5-31(3)30-17)20(24)32-22(29-21)16(11-28-32)13(2)25-8-12/h4-5,7,10-12,25H,2,6,8-9,24H2,1,3H3,(H,27,29). The SMILES string of the molecule is C=C1NCC(C)Cc2ncc(F)cc2CNc2nc3c1cnn3c(N)c2-c1ccn(C)n1. The van der Waals surface area contributed by atoms with Gasteiger partial charge in [-0.2, -0.15) is 14.7 Å². The molecule has 1 aliphatic rings. The van der Waals surface area contributed by atoms with Crippen LogP contribution in [0.5, 0.6) is 0 Å². The molecular formula is C22H24FN9. The normalized spacial score (nSPS) is 16.6. The Hall–Kier alpha value is -3.95. The second-order valence-electron chi connectivity index (χ2n) is 8.17. The van der Waals surface area contributed by atoms with E-state index in [2.05, 4.69) is 39.3 Å². The van der Waals surface area contributed by atoms with E-state index in [4.69, 9.17) is 10.7 Å². The largest absolute Gasteiger partial charge is 0.385 e. The van der Waals surface area contributed by atoms with Crippen LogP contribution < -0.4 is 16.4 Å². The van der Waals surface area contributed by atoms with Crippen molar-refractivity contribution in [1.29, 1.82) is 0 Å². The van der Waals surface area contributed by atoms with Crippen molar-refractivity contribution < 1.29 is 4.39 Å². The highest BCUT2D eigenvalue weighted by atomic mass is 19.1. The third-order valence-corrected chi connectivity index (χ3v) is 5.66. The van der Waals surface area contributed by atoms with Crippen LogP contribution in [0.25, 0.3) is 22.6 Å². The number of nitrogens with two attached hydrogens (primary N) is 1. The summed E-state index contributed by atoms with van der Waals surface area (Å²) in [5, 5.41) is 15.7. The molecule has 4 aromatic heterocycles. The fourth-order valence-corrected chi connectivity index (χ4v) is 3.98. The highest BCUT2D eigenvalue weighted by Gasteiger charge is 2.22. The number of aryl methyl sites for hydroxylation is 1. The number of rotatable bonds is 1. The smallest absolute Gasteiger partial charge is 0.169 e. The molecule has 164 valence electrons. The van der Waals surface area contributed by atoms with Crippen LogP contribution >= 0.6 is 0 Å². The minimum absolute atomic E-state index is 0.250. The minimum Gasteiger partial charge on any atom is -0.385 e. The summed E-state index contributed by atoms with van der Waals surface area (Å²) in [6.45, 7) is 7.31. The highest BCUT2D eigenvalue weighted by molar-refractivity contribution is 5.86. The molecule has 4 N–H and O–H groups in total. The van der Waals surface area contributed by atoms with Crippen LogP contribution in [0.2, 0.25) is 0 Å². The van der Waals surface area contributed by atoms with Gasteiger partial charge < -0.3 is 16.4 Å². The fraction of sp³-hybridized carbons (Fsp3) is 0.273. The van der Waals surface area contributed by atoms with E-state index in [0.717, 1.165) is 16.8 Å². The quantitative estimate of drug-likeness (QED) is 0.423. The zero-order valence-corrected chi connectivity index (χ0v) is 17.9. The Morgan fingerprint density at radius 3 is 2.91 bits per heavy atom. The molecule has 5 heterocycles. The highest BCUT2D eigenvalue weighted by Crippen LogP contribution is 2.34. The van der Waals surface area contributed by atoms with E-state index in [1.165, 1.54) is 12.3 Å². The van der Waals surface area contributed by atoms with Crippen LogP contribution in [0.4, 0.5) is 16.0 Å². The van der Waals surface area contributed by atoms with Gasteiger partial charge in [0.25, 0.3) is 0 Å². The molecule has 0 saturated carbocycles. The Balaban J connectivity index is 1.71. The van der Waals surface area contributed by atoms with Gasteiger partial charge in [-0.1, -0.05) is 13.5 Å². The first-order valence-electron chi connectivity index (χ1n) is 10.4. The summed E-state index contributed by atoms with van der Waals surface area (Å²) in [7, 11) is 1.84. The third kappa shape index (κ3) is 3.43. The lowest BCUT2D eigenvalue weighted by molar-refractivity contribution is 0.545. The second kappa shape index (κ2) is 7.63. The molecule has 5 rings (SSSR count). The molecule has 0 radical (unpaired) electrons. The average molecular weight is 433 g/mol. The van der Waals surface area contributed by atoms with Gasteiger partial charge in [-0.3, -0.25) is 9.67 Å². The van der Waals surface area contributed by atoms with Gasteiger partial charge >= 0.3 is 0 Å². The summed E-state index contributed by atoms with van der Waals surface area (Å²) in [6, 6.07) is 3.38. The van der Waals surface area contributed by atoms with Gasteiger partial charge in [0.05, 0.1) is 29.2 Å². The number of nitrogens with one attached hydrogen (secondary N) is 2. The van der Waals surface area contributed by atoms with Crippen molar-refractivity contribution in [3.05, 3.63) is 59.9 Å². The molecule has 2 bridgehead atoms. The number of nitrogen functional groups attached to an aromatic ring is 1. The van der Waals surface area contributed by atoms with E-state index in [1.807, 2.05) is 19.3 Å². The summed E-state index contributed by atoms with van der Waals surface area (Å²) in [4.78, 5) is 9.19. The maximum Gasteiger partial charge on any atom is 0.169 e. The van der Waals surface area contributed by atoms with Gasteiger partial charge in [0.2, 0.25) is 0 Å². The fourth-order valence-electron chi connectivity index (χ4n) is 3.98. The van der Waals surface area contributed by atoms with Crippen LogP contribution in [0, 0.1) is 11.7 Å². The molecule has 0 saturated heterocycles. The predicted molar refractivity (Wildman–Crippen MR) is 121 cm³/mol. The molecule has 0 aliphatic carbocycles. The van der Waals surface area contributed by atoms with Crippen LogP contribution in [0.3, 0.4) is 0 Å². The van der Waals surface area contributed by atoms with Crippen molar-refractivity contribution >= 4 is 23.0 Å². The number of pyridine rings is 1. The molecule has 10 heteroatoms. The maximum absolute atomic E-state index is 14.0. The van der Waals surface area contributed by atoms with E-state index in [9.17, 15) is 4.39 Å². The average Bonchev–Trinajstić information content (AvgIpc) is 3.38. The first-order valence-corrected chi connectivity index (χ1v) is 10.4. The Labute approximate surface area is 184 Å². The van der Waals surface area contributed by atoms with Crippen molar-refractivity contribution in [1.82, 2.24) is 34.7 Å². The van der Waals surface area contributed by atoms with Crippen molar-refractivity contribution in [2.24, 2.45) is 13.0 Å². The molecule has 1 aliphatic heterocycles. The lowest BCUT2D eigenvalue weighted by atomic mass is 10.0. The van der Waals surface area contributed by atoms with Crippen molar-refractivity contribution in [2.45, 2.75) is 19.9 Å². The van der Waals surface area contributed by atoms with E-state index in [0.29, 0.717) is 53.7 Å². The molecule has 32 heavy (non-hydrogen) atoms. The van der Waals surface area contributed by atoms with Gasteiger partial charge in [0.15, 0.2) is 5.65 Å². The number of halogens is 1. The van der Waals surface area contributed by atoms with Crippen LogP contribution in [0.1, 0.15) is 23.7 Å². The third-order valence-electron chi connectivity index (χ3n) is 5.66. The summed E-state index contributed by atoms with van der Waals surface area (Å²) in [6.07, 6.45) is 5.49. The Bertz CT molecular complexity index is 1340. The van der Waals surface area contributed by atoms with E-state index < -0.39 is 0 Å². The molecule has 9 nitrogen and oxygen atoms in total. The molecule has 1 atom stereocenters. The number of hydrogen-bond acceptors (Lipinski definition) is 7. The van der Waals surface area contributed by atoms with Crippen molar-refractivity contribution in [3.8, 4) is 11.3 Å². The molecule has 1 unspecified atom stereocenters. The van der Waals surface area contributed by atoms with E-state index >= 15 is 0 Å². The zero-order chi connectivity index (χ0) is 22.4. The Morgan fingerprint density at radius 2 is 2.12 bits per heavy atom. The lowest BCUT2D eigenvalue weighted by Gasteiger charge is -2.16. The Kier molecular flexibility index (Phi) is 4.76. The zero-order valence-electron chi connectivity index (χ0n) is 17.9. The van der Waals surface area contributed by atoms with Crippen molar-refractivity contribution in [2.75, 3.05) is 17.6 Å². The van der Waals surface area contributed by atoms with Crippen LogP contribution in [0.15, 0.2) is 37.3 Å². The van der Waals surface area contributed by atoms with E-state index in [-0.39, 0.29) is 11.7 Å². The first-order chi connectivity index (χ1) is 15.4. The number of hydrogen-bond donors (Lipinski definition) is 3. The molecule has 4 aromatic rings. The number of fused-ring (bicyclic) bond motifs is 2. The summed E-state index contributed by atoms with van der Waals surface area (Å²) in [5.41, 5.74) is 11.5. The molecule has 0 spiro atoms.